The van der Waals surface area contributed by atoms with Gasteiger partial charge in [-0.25, -0.2) is 9.78 Å². The molecule has 2 aliphatic rings. The van der Waals surface area contributed by atoms with Gasteiger partial charge in [-0.05, 0) is 64.0 Å². The van der Waals surface area contributed by atoms with Crippen LogP contribution in [-0.2, 0) is 16.1 Å². The van der Waals surface area contributed by atoms with E-state index >= 15 is 0 Å². The van der Waals surface area contributed by atoms with Crippen molar-refractivity contribution in [3.8, 4) is 17.2 Å². The zero-order chi connectivity index (χ0) is 23.4. The van der Waals surface area contributed by atoms with E-state index in [1.165, 1.54) is 12.8 Å². The lowest BCUT2D eigenvalue weighted by Crippen LogP contribution is -2.29. The normalized spacial score (nSPS) is 20.3. The van der Waals surface area contributed by atoms with Crippen LogP contribution < -0.4 is 10.1 Å². The molecule has 9 nitrogen and oxygen atoms in total. The first-order valence-corrected chi connectivity index (χ1v) is 11.6. The lowest BCUT2D eigenvalue weighted by molar-refractivity contribution is -0.143. The van der Waals surface area contributed by atoms with Gasteiger partial charge in [-0.1, -0.05) is 18.0 Å². The van der Waals surface area contributed by atoms with E-state index in [2.05, 4.69) is 15.5 Å². The van der Waals surface area contributed by atoms with Crippen LogP contribution in [0.15, 0.2) is 16.7 Å². The zero-order valence-electron chi connectivity index (χ0n) is 19.1. The third kappa shape index (κ3) is 6.03. The molecule has 1 amide bonds. The van der Waals surface area contributed by atoms with Gasteiger partial charge in [0.1, 0.15) is 18.1 Å². The van der Waals surface area contributed by atoms with Crippen molar-refractivity contribution in [3.63, 3.8) is 0 Å². The molecule has 2 aromatic rings. The molecule has 0 aromatic carbocycles. The summed E-state index contributed by atoms with van der Waals surface area (Å²) in [6.45, 7) is 4.29. The van der Waals surface area contributed by atoms with Gasteiger partial charge in [-0.15, -0.1) is 0 Å². The molecule has 9 heteroatoms. The standard InChI is InChI=1S/C24H31N3O6/c1-14-19(13-31-24(30)25-11-10-16-6-7-16)22(33-27-14)20-8-9-21(15(2)26-20)32-18-5-3-4-17(12-18)23(28)29/h8-9,16-18H,3-7,10-13H2,1-2H3,(H,25,30)(H,28,29). The highest BCUT2D eigenvalue weighted by molar-refractivity contribution is 5.70. The zero-order valence-corrected chi connectivity index (χ0v) is 19.1. The van der Waals surface area contributed by atoms with Crippen molar-refractivity contribution in [3.05, 3.63) is 29.1 Å². The van der Waals surface area contributed by atoms with Gasteiger partial charge in [0, 0.05) is 6.54 Å². The molecule has 2 unspecified atom stereocenters. The maximum atomic E-state index is 12.0. The van der Waals surface area contributed by atoms with E-state index in [0.717, 1.165) is 25.2 Å². The van der Waals surface area contributed by atoms with Gasteiger partial charge < -0.3 is 24.4 Å². The maximum Gasteiger partial charge on any atom is 0.407 e. The van der Waals surface area contributed by atoms with Crippen LogP contribution in [0.3, 0.4) is 0 Å². The molecule has 2 atom stereocenters. The summed E-state index contributed by atoms with van der Waals surface area (Å²) in [6.07, 6.45) is 5.75. The average Bonchev–Trinajstić information content (AvgIpc) is 3.54. The fourth-order valence-corrected chi connectivity index (χ4v) is 4.19. The quantitative estimate of drug-likeness (QED) is 0.568. The van der Waals surface area contributed by atoms with Gasteiger partial charge in [0.25, 0.3) is 0 Å². The van der Waals surface area contributed by atoms with E-state index in [4.69, 9.17) is 14.0 Å². The molecule has 2 heterocycles. The number of carbonyl (C=O) groups excluding carboxylic acids is 1. The lowest BCUT2D eigenvalue weighted by Gasteiger charge is -2.27. The minimum Gasteiger partial charge on any atom is -0.489 e. The van der Waals surface area contributed by atoms with Crippen LogP contribution in [-0.4, -0.2) is 40.0 Å². The number of carbonyl (C=O) groups is 2. The number of rotatable bonds is 9. The van der Waals surface area contributed by atoms with E-state index < -0.39 is 12.1 Å². The number of aromatic nitrogens is 2. The third-order valence-corrected chi connectivity index (χ3v) is 6.39. The molecule has 2 saturated carbocycles. The van der Waals surface area contributed by atoms with Crippen molar-refractivity contribution in [1.29, 1.82) is 0 Å². The van der Waals surface area contributed by atoms with Crippen LogP contribution in [0.2, 0.25) is 0 Å². The van der Waals surface area contributed by atoms with Gasteiger partial charge in [0.15, 0.2) is 5.76 Å². The molecule has 0 bridgehead atoms. The van der Waals surface area contributed by atoms with Crippen LogP contribution >= 0.6 is 0 Å². The summed E-state index contributed by atoms with van der Waals surface area (Å²) in [5.74, 6) is 0.702. The number of pyridine rings is 1. The Bertz CT molecular complexity index is 1000. The van der Waals surface area contributed by atoms with E-state index in [1.54, 1.807) is 13.0 Å². The molecule has 0 radical (unpaired) electrons. The summed E-state index contributed by atoms with van der Waals surface area (Å²) in [5.41, 5.74) is 2.55. The lowest BCUT2D eigenvalue weighted by atomic mass is 9.87. The second-order valence-corrected chi connectivity index (χ2v) is 9.03. The Morgan fingerprint density at radius 2 is 2.00 bits per heavy atom. The number of carboxylic acid groups (broad SMARTS) is 1. The third-order valence-electron chi connectivity index (χ3n) is 6.39. The minimum atomic E-state index is -0.763. The van der Waals surface area contributed by atoms with Gasteiger partial charge in [0.2, 0.25) is 0 Å². The number of amides is 1. The van der Waals surface area contributed by atoms with Gasteiger partial charge >= 0.3 is 12.1 Å². The largest absolute Gasteiger partial charge is 0.489 e. The Balaban J connectivity index is 1.38. The van der Waals surface area contributed by atoms with Crippen LogP contribution in [0, 0.1) is 25.7 Å². The Morgan fingerprint density at radius 1 is 1.18 bits per heavy atom. The predicted octanol–water partition coefficient (Wildman–Crippen LogP) is 4.40. The molecule has 2 aromatic heterocycles. The number of hydrogen-bond acceptors (Lipinski definition) is 7. The summed E-state index contributed by atoms with van der Waals surface area (Å²) in [5, 5.41) is 16.1. The SMILES string of the molecule is Cc1nc(-c2onc(C)c2COC(=O)NCCC2CC2)ccc1OC1CCCC(C(=O)O)C1. The summed E-state index contributed by atoms with van der Waals surface area (Å²) in [6, 6.07) is 3.59. The minimum absolute atomic E-state index is 0.0392. The number of ether oxygens (including phenoxy) is 2. The van der Waals surface area contributed by atoms with Crippen molar-refractivity contribution in [1.82, 2.24) is 15.5 Å². The second-order valence-electron chi connectivity index (χ2n) is 9.03. The molecule has 0 saturated heterocycles. The highest BCUT2D eigenvalue weighted by Gasteiger charge is 2.29. The Morgan fingerprint density at radius 3 is 2.73 bits per heavy atom. The van der Waals surface area contributed by atoms with Crippen molar-refractivity contribution in [2.24, 2.45) is 11.8 Å². The van der Waals surface area contributed by atoms with Crippen LogP contribution in [0.1, 0.15) is 61.9 Å². The number of nitrogens with one attached hydrogen (secondary N) is 1. The van der Waals surface area contributed by atoms with E-state index in [9.17, 15) is 14.7 Å². The van der Waals surface area contributed by atoms with E-state index in [1.807, 2.05) is 13.0 Å². The van der Waals surface area contributed by atoms with Crippen molar-refractivity contribution in [2.45, 2.75) is 71.5 Å². The molecule has 2 N–H and O–H groups in total. The Labute approximate surface area is 192 Å². The van der Waals surface area contributed by atoms with E-state index in [0.29, 0.717) is 53.5 Å². The maximum absolute atomic E-state index is 12.0. The fourth-order valence-electron chi connectivity index (χ4n) is 4.19. The second kappa shape index (κ2) is 10.2. The van der Waals surface area contributed by atoms with Crippen molar-refractivity contribution >= 4 is 12.1 Å². The molecular weight excluding hydrogens is 426 g/mol. The first kappa shape index (κ1) is 23.1. The molecule has 178 valence electrons. The summed E-state index contributed by atoms with van der Waals surface area (Å²) in [7, 11) is 0. The van der Waals surface area contributed by atoms with Crippen LogP contribution in [0.5, 0.6) is 5.75 Å². The average molecular weight is 458 g/mol. The smallest absolute Gasteiger partial charge is 0.407 e. The summed E-state index contributed by atoms with van der Waals surface area (Å²) < 4.78 is 16.9. The van der Waals surface area contributed by atoms with Gasteiger partial charge in [-0.2, -0.15) is 0 Å². The molecular formula is C24H31N3O6. The number of aryl methyl sites for hydroxylation is 2. The Kier molecular flexibility index (Phi) is 7.15. The molecule has 33 heavy (non-hydrogen) atoms. The highest BCUT2D eigenvalue weighted by Crippen LogP contribution is 2.32. The molecule has 0 aliphatic heterocycles. The fraction of sp³-hybridized carbons (Fsp3) is 0.583. The highest BCUT2D eigenvalue weighted by atomic mass is 16.5. The van der Waals surface area contributed by atoms with Crippen LogP contribution in [0.4, 0.5) is 4.79 Å². The Hall–Kier alpha value is -3.10. The number of nitrogens with zero attached hydrogens (tertiary/aromatic N) is 2. The monoisotopic (exact) mass is 457 g/mol. The van der Waals surface area contributed by atoms with Gasteiger partial charge in [-0.3, -0.25) is 4.79 Å². The van der Waals surface area contributed by atoms with Gasteiger partial charge in [0.05, 0.1) is 29.0 Å². The first-order valence-electron chi connectivity index (χ1n) is 11.6. The summed E-state index contributed by atoms with van der Waals surface area (Å²) in [4.78, 5) is 27.9. The van der Waals surface area contributed by atoms with Crippen LogP contribution in [0.25, 0.3) is 11.5 Å². The van der Waals surface area contributed by atoms with Crippen molar-refractivity contribution in [2.75, 3.05) is 6.54 Å². The number of alkyl carbamates (subject to hydrolysis) is 1. The topological polar surface area (TPSA) is 124 Å². The first-order chi connectivity index (χ1) is 15.9. The molecule has 0 spiro atoms. The summed E-state index contributed by atoms with van der Waals surface area (Å²) >= 11 is 0. The van der Waals surface area contributed by atoms with E-state index in [-0.39, 0.29) is 18.6 Å². The number of carboxylic acids is 1. The predicted molar refractivity (Wildman–Crippen MR) is 119 cm³/mol. The number of aliphatic carboxylic acids is 1. The molecule has 2 fully saturated rings. The molecule has 2 aliphatic carbocycles. The molecule has 4 rings (SSSR count). The van der Waals surface area contributed by atoms with Crippen molar-refractivity contribution < 1.29 is 28.7 Å². The number of hydrogen-bond donors (Lipinski definition) is 2.